The molecule has 332 valence electrons. The van der Waals surface area contributed by atoms with E-state index in [0.717, 1.165) is 83.6 Å². The van der Waals surface area contributed by atoms with Gasteiger partial charge in [-0.25, -0.2) is 19.9 Å². The molecule has 0 aliphatic rings. The highest BCUT2D eigenvalue weighted by Crippen LogP contribution is 2.45. The molecule has 0 unspecified atom stereocenters. The van der Waals surface area contributed by atoms with Crippen LogP contribution in [0.15, 0.2) is 249 Å². The first-order valence-electron chi connectivity index (χ1n) is 23.9. The van der Waals surface area contributed by atoms with Crippen molar-refractivity contribution in [3.8, 4) is 73.7 Å². The second-order valence-electron chi connectivity index (χ2n) is 17.9. The molecule has 0 bridgehead atoms. The predicted octanol–water partition coefficient (Wildman–Crippen LogP) is 15.7. The standard InChI is InChI=1S/C64H41N7/c1-5-19-44(20-6-1)60-65-61(45-21-7-2-8-22-45)67-62(66-60)49-26-17-29-52(41-49)70-56-39-38-54-53-30-15-16-31-55(53)69(51-36-34-43(35-37-51)48-33-32-42-18-13-14-25-47(42)40-48)58(54)57(56)59-64(70)68-63(46-23-9-3-10-24-46)71(59)50-27-11-4-12-28-50/h1-41H. The summed E-state index contributed by atoms with van der Waals surface area (Å²) in [5, 5.41) is 5.89. The van der Waals surface area contributed by atoms with E-state index in [1.165, 1.54) is 27.3 Å². The number of fused-ring (bicyclic) bond motifs is 8. The number of hydrogen-bond donors (Lipinski definition) is 0. The molecule has 14 aromatic rings. The van der Waals surface area contributed by atoms with Gasteiger partial charge < -0.3 is 4.57 Å². The number of nitrogens with zero attached hydrogens (tertiary/aromatic N) is 7. The molecular formula is C64H41N7. The fraction of sp³-hybridized carbons (Fsp3) is 0. The van der Waals surface area contributed by atoms with Gasteiger partial charge in [0.1, 0.15) is 11.3 Å². The number of para-hydroxylation sites is 2. The molecular weight excluding hydrogens is 867 g/mol. The Morgan fingerprint density at radius 1 is 0.268 bits per heavy atom. The number of hydrogen-bond acceptors (Lipinski definition) is 4. The molecule has 0 aliphatic carbocycles. The molecule has 0 aliphatic heterocycles. The average molecular weight is 908 g/mol. The molecule has 7 nitrogen and oxygen atoms in total. The Labute approximate surface area is 408 Å². The molecule has 0 spiro atoms. The van der Waals surface area contributed by atoms with Crippen LogP contribution in [-0.4, -0.2) is 33.6 Å². The minimum absolute atomic E-state index is 0.585. The second kappa shape index (κ2) is 16.5. The van der Waals surface area contributed by atoms with Crippen LogP contribution in [0.4, 0.5) is 0 Å². The van der Waals surface area contributed by atoms with Crippen LogP contribution >= 0.6 is 0 Å². The summed E-state index contributed by atoms with van der Waals surface area (Å²) in [6, 6.07) is 87.5. The van der Waals surface area contributed by atoms with E-state index in [1.807, 2.05) is 60.7 Å². The number of imidazole rings is 1. The van der Waals surface area contributed by atoms with Gasteiger partial charge in [-0.15, -0.1) is 0 Å². The van der Waals surface area contributed by atoms with Crippen molar-refractivity contribution in [3.63, 3.8) is 0 Å². The van der Waals surface area contributed by atoms with Gasteiger partial charge in [-0.05, 0) is 76.5 Å². The van der Waals surface area contributed by atoms with Gasteiger partial charge in [0.2, 0.25) is 0 Å². The summed E-state index contributed by atoms with van der Waals surface area (Å²) < 4.78 is 7.12. The average Bonchev–Trinajstić information content (AvgIpc) is 4.11. The third kappa shape index (κ3) is 6.74. The Hall–Kier alpha value is -9.72. The number of rotatable bonds is 8. The third-order valence-electron chi connectivity index (χ3n) is 13.7. The zero-order valence-corrected chi connectivity index (χ0v) is 38.3. The van der Waals surface area contributed by atoms with Crippen LogP contribution in [0.1, 0.15) is 0 Å². The minimum atomic E-state index is 0.585. The predicted molar refractivity (Wildman–Crippen MR) is 290 cm³/mol. The van der Waals surface area contributed by atoms with Crippen LogP contribution in [-0.2, 0) is 0 Å². The van der Waals surface area contributed by atoms with Gasteiger partial charge in [-0.3, -0.25) is 9.13 Å². The van der Waals surface area contributed by atoms with Gasteiger partial charge in [-0.1, -0.05) is 194 Å². The van der Waals surface area contributed by atoms with Crippen molar-refractivity contribution in [2.75, 3.05) is 0 Å². The molecule has 71 heavy (non-hydrogen) atoms. The third-order valence-corrected chi connectivity index (χ3v) is 13.7. The van der Waals surface area contributed by atoms with E-state index in [0.29, 0.717) is 17.5 Å². The van der Waals surface area contributed by atoms with E-state index >= 15 is 0 Å². The smallest absolute Gasteiger partial charge is 0.165 e. The fourth-order valence-electron chi connectivity index (χ4n) is 10.4. The van der Waals surface area contributed by atoms with Gasteiger partial charge in [0.05, 0.1) is 21.9 Å². The van der Waals surface area contributed by atoms with E-state index in [9.17, 15) is 0 Å². The molecule has 0 fully saturated rings. The summed E-state index contributed by atoms with van der Waals surface area (Å²) in [4.78, 5) is 21.0. The van der Waals surface area contributed by atoms with E-state index < -0.39 is 0 Å². The largest absolute Gasteiger partial charge is 0.308 e. The molecule has 0 saturated heterocycles. The lowest BCUT2D eigenvalue weighted by molar-refractivity contribution is 1.07. The highest BCUT2D eigenvalue weighted by Gasteiger charge is 2.27. The highest BCUT2D eigenvalue weighted by molar-refractivity contribution is 6.25. The first-order chi connectivity index (χ1) is 35.2. The zero-order chi connectivity index (χ0) is 46.8. The number of aromatic nitrogens is 7. The summed E-state index contributed by atoms with van der Waals surface area (Å²) in [5.41, 5.74) is 14.2. The van der Waals surface area contributed by atoms with Crippen LogP contribution in [0.5, 0.6) is 0 Å². The fourth-order valence-corrected chi connectivity index (χ4v) is 10.4. The summed E-state index contributed by atoms with van der Waals surface area (Å²) in [7, 11) is 0. The van der Waals surface area contributed by atoms with Crippen LogP contribution in [0.25, 0.3) is 128 Å². The second-order valence-corrected chi connectivity index (χ2v) is 17.9. The Balaban J connectivity index is 1.05. The topological polar surface area (TPSA) is 66.3 Å². The summed E-state index contributed by atoms with van der Waals surface area (Å²) >= 11 is 0. The molecule has 0 N–H and O–H groups in total. The number of benzene rings is 10. The van der Waals surface area contributed by atoms with Gasteiger partial charge in [0.15, 0.2) is 23.1 Å². The quantitative estimate of drug-likeness (QED) is 0.152. The Bertz CT molecular complexity index is 4250. The SMILES string of the molecule is c1ccc(-c2nc(-c3ccccc3)nc(-c3cccc(-n4c5ccc6c7ccccc7n(-c7ccc(-c8ccc9ccccc9c8)cc7)c6c5c5c4nc(-c4ccccc4)n5-c4ccccc4)c3)n2)cc1. The van der Waals surface area contributed by atoms with Crippen molar-refractivity contribution in [3.05, 3.63) is 249 Å². The van der Waals surface area contributed by atoms with Crippen molar-refractivity contribution >= 4 is 54.6 Å². The lowest BCUT2D eigenvalue weighted by atomic mass is 10.0. The molecule has 0 saturated carbocycles. The summed E-state index contributed by atoms with van der Waals surface area (Å²) in [6.45, 7) is 0. The van der Waals surface area contributed by atoms with Crippen LogP contribution in [0.2, 0.25) is 0 Å². The summed E-state index contributed by atoms with van der Waals surface area (Å²) in [5.74, 6) is 2.67. The van der Waals surface area contributed by atoms with Crippen LogP contribution in [0.3, 0.4) is 0 Å². The lowest BCUT2D eigenvalue weighted by Gasteiger charge is -2.13. The molecule has 7 heteroatoms. The molecule has 10 aromatic carbocycles. The Morgan fingerprint density at radius 3 is 1.52 bits per heavy atom. The van der Waals surface area contributed by atoms with Gasteiger partial charge in [-0.2, -0.15) is 0 Å². The van der Waals surface area contributed by atoms with Gasteiger partial charge in [0.25, 0.3) is 0 Å². The van der Waals surface area contributed by atoms with Crippen molar-refractivity contribution < 1.29 is 0 Å². The molecule has 4 heterocycles. The zero-order valence-electron chi connectivity index (χ0n) is 38.3. The van der Waals surface area contributed by atoms with Crippen molar-refractivity contribution in [1.82, 2.24) is 33.6 Å². The first-order valence-corrected chi connectivity index (χ1v) is 23.9. The van der Waals surface area contributed by atoms with Crippen molar-refractivity contribution in [2.45, 2.75) is 0 Å². The molecule has 0 atom stereocenters. The van der Waals surface area contributed by atoms with E-state index in [-0.39, 0.29) is 0 Å². The Morgan fingerprint density at radius 2 is 0.817 bits per heavy atom. The highest BCUT2D eigenvalue weighted by atomic mass is 15.2. The maximum Gasteiger partial charge on any atom is 0.165 e. The summed E-state index contributed by atoms with van der Waals surface area (Å²) in [6.07, 6.45) is 0. The maximum atomic E-state index is 5.69. The van der Waals surface area contributed by atoms with Crippen LogP contribution in [0, 0.1) is 0 Å². The van der Waals surface area contributed by atoms with Gasteiger partial charge in [0, 0.05) is 50.1 Å². The van der Waals surface area contributed by atoms with E-state index in [4.69, 9.17) is 19.9 Å². The molecule has 4 aromatic heterocycles. The lowest BCUT2D eigenvalue weighted by Crippen LogP contribution is -2.01. The normalized spacial score (nSPS) is 11.7. The maximum absolute atomic E-state index is 5.69. The van der Waals surface area contributed by atoms with Crippen molar-refractivity contribution in [2.24, 2.45) is 0 Å². The van der Waals surface area contributed by atoms with Crippen LogP contribution < -0.4 is 0 Å². The van der Waals surface area contributed by atoms with E-state index in [1.54, 1.807) is 0 Å². The first kappa shape index (κ1) is 40.4. The Kier molecular flexibility index (Phi) is 9.38. The molecule has 0 radical (unpaired) electrons. The van der Waals surface area contributed by atoms with E-state index in [2.05, 4.69) is 202 Å². The van der Waals surface area contributed by atoms with Crippen molar-refractivity contribution in [1.29, 1.82) is 0 Å². The molecule has 14 rings (SSSR count). The monoisotopic (exact) mass is 907 g/mol. The van der Waals surface area contributed by atoms with Gasteiger partial charge >= 0.3 is 0 Å². The minimum Gasteiger partial charge on any atom is -0.308 e. The molecule has 0 amide bonds.